The van der Waals surface area contributed by atoms with Gasteiger partial charge in [0.05, 0.1) is 42.2 Å². The quantitative estimate of drug-likeness (QED) is 0.0331. The van der Waals surface area contributed by atoms with Gasteiger partial charge in [0.15, 0.2) is 5.71 Å². The summed E-state index contributed by atoms with van der Waals surface area (Å²) in [7, 11) is -2.83. The van der Waals surface area contributed by atoms with E-state index in [4.69, 9.17) is 23.9 Å². The Balaban J connectivity index is 1.41. The Kier molecular flexibility index (Phi) is 13.7. The van der Waals surface area contributed by atoms with Crippen LogP contribution in [0.25, 0.3) is 0 Å². The van der Waals surface area contributed by atoms with Crippen LogP contribution in [-0.2, 0) is 59.0 Å². The van der Waals surface area contributed by atoms with E-state index in [9.17, 15) is 27.4 Å². The van der Waals surface area contributed by atoms with Crippen molar-refractivity contribution in [3.63, 3.8) is 0 Å². The number of amides is 2. The lowest BCUT2D eigenvalue weighted by atomic mass is 9.81. The molecule has 1 saturated heterocycles. The minimum absolute atomic E-state index is 0.0298. The minimum atomic E-state index is -4.45. The van der Waals surface area contributed by atoms with Gasteiger partial charge in [-0.2, -0.15) is 13.0 Å². The summed E-state index contributed by atoms with van der Waals surface area (Å²) in [6.45, 7) is 10.7. The fraction of sp³-hybridized carbons (Fsp3) is 0.474. The first kappa shape index (κ1) is 42.2. The molecule has 3 aliphatic heterocycles. The maximum Gasteiger partial charge on any atom is 0.333 e. The maximum absolute atomic E-state index is 12.3. The molecule has 298 valence electrons. The third-order valence-electron chi connectivity index (χ3n) is 10.0. The number of carbonyl (C=O) groups is 3. The number of carbonyl (C=O) groups excluding carboxylic acids is 3. The summed E-state index contributed by atoms with van der Waals surface area (Å²) in [5.41, 5.74) is 4.37. The molecule has 15 nitrogen and oxygen atoms in total. The zero-order chi connectivity index (χ0) is 40.0. The lowest BCUT2D eigenvalue weighted by Gasteiger charge is -2.27. The van der Waals surface area contributed by atoms with Gasteiger partial charge in [0, 0.05) is 78.7 Å². The largest absolute Gasteiger partial charge is 0.382 e. The zero-order valence-electron chi connectivity index (χ0n) is 31.6. The van der Waals surface area contributed by atoms with Crippen LogP contribution >= 0.6 is 12.0 Å². The average molecular weight is 803 g/mol. The molecule has 2 aromatic rings. The highest BCUT2D eigenvalue weighted by Crippen LogP contribution is 2.49. The van der Waals surface area contributed by atoms with Gasteiger partial charge in [-0.05, 0) is 68.7 Å². The van der Waals surface area contributed by atoms with Gasteiger partial charge in [-0.1, -0.05) is 25.0 Å². The van der Waals surface area contributed by atoms with Gasteiger partial charge in [-0.25, -0.2) is 10.1 Å². The molecule has 0 bridgehead atoms. The molecule has 3 aliphatic rings. The Labute approximate surface area is 325 Å². The normalized spacial score (nSPS) is 18.3. The summed E-state index contributed by atoms with van der Waals surface area (Å²) in [5, 5.41) is 13.1. The molecule has 3 heterocycles. The number of fused-ring (bicyclic) bond motifs is 2. The molecule has 0 aromatic heterocycles. The molecule has 0 radical (unpaired) electrons. The topological polar surface area (TPSA) is 181 Å². The first-order valence-corrected chi connectivity index (χ1v) is 20.1. The molecule has 0 atom stereocenters. The van der Waals surface area contributed by atoms with Crippen molar-refractivity contribution in [2.75, 3.05) is 44.9 Å². The number of imide groups is 1. The summed E-state index contributed by atoms with van der Waals surface area (Å²) in [6, 6.07) is 10.5. The first-order chi connectivity index (χ1) is 26.1. The lowest BCUT2D eigenvalue weighted by molar-refractivity contribution is -0.438. The minimum Gasteiger partial charge on any atom is -0.382 e. The fourth-order valence-electron chi connectivity index (χ4n) is 7.21. The van der Waals surface area contributed by atoms with Gasteiger partial charge in [-0.3, -0.25) is 14.1 Å². The van der Waals surface area contributed by atoms with Crippen LogP contribution < -0.4 is 4.90 Å². The molecule has 55 heavy (non-hydrogen) atoms. The Bertz CT molecular complexity index is 1970. The Morgan fingerprint density at radius 3 is 2.40 bits per heavy atom. The van der Waals surface area contributed by atoms with Crippen molar-refractivity contribution in [3.05, 3.63) is 71.5 Å². The first-order valence-electron chi connectivity index (χ1n) is 18.0. The Morgan fingerprint density at radius 1 is 0.964 bits per heavy atom. The van der Waals surface area contributed by atoms with Crippen LogP contribution in [0.4, 0.5) is 11.4 Å². The van der Waals surface area contributed by atoms with Crippen LogP contribution in [0.3, 0.4) is 0 Å². The van der Waals surface area contributed by atoms with Crippen LogP contribution in [0.5, 0.6) is 0 Å². The van der Waals surface area contributed by atoms with E-state index < -0.39 is 38.7 Å². The van der Waals surface area contributed by atoms with Gasteiger partial charge in [0.1, 0.15) is 6.54 Å². The number of nitrogens with zero attached hydrogens (tertiary/aromatic N) is 3. The van der Waals surface area contributed by atoms with E-state index in [1.54, 1.807) is 13.2 Å². The highest BCUT2D eigenvalue weighted by atomic mass is 32.2. The molecule has 2 amide bonds. The third-order valence-corrected chi connectivity index (χ3v) is 11.5. The number of methoxy groups -OCH3 is 1. The van der Waals surface area contributed by atoms with E-state index in [1.165, 1.54) is 12.1 Å². The number of unbranched alkanes of at least 4 members (excludes halogenated alkanes) is 2. The number of hydroxylamine groups is 2. The van der Waals surface area contributed by atoms with Gasteiger partial charge in [-0.15, -0.1) is 9.40 Å². The standard InChI is InChI=1S/C38H47N3O12S2/c1-37(2)28-24-26(54-53-52-45)13-15-30(28)40(20-21-50-23-22-49-5)33(37)11-9-10-32-38(3,4)29-25-27(55(46,47)48)14-16-31(29)39(32)19-8-6-7-12-36(44)51-41-34(42)17-18-35(41)43/h9-11,13-16,24-25H,6-8,12,17-23H2,1-5H3,(H-,45,46,47,48)/p+1. The zero-order valence-corrected chi connectivity index (χ0v) is 33.2. The van der Waals surface area contributed by atoms with Gasteiger partial charge >= 0.3 is 5.97 Å². The van der Waals surface area contributed by atoms with Gasteiger partial charge in [0.2, 0.25) is 5.69 Å². The van der Waals surface area contributed by atoms with E-state index in [2.05, 4.69) is 34.4 Å². The third kappa shape index (κ3) is 9.55. The predicted octanol–water partition coefficient (Wildman–Crippen LogP) is 5.81. The lowest BCUT2D eigenvalue weighted by Crippen LogP contribution is -2.31. The number of hydrogen-bond acceptors (Lipinski definition) is 13. The summed E-state index contributed by atoms with van der Waals surface area (Å²) < 4.78 is 51.9. The van der Waals surface area contributed by atoms with Crippen LogP contribution in [0, 0.1) is 0 Å². The van der Waals surface area contributed by atoms with Crippen molar-refractivity contribution >= 4 is 57.0 Å². The molecule has 0 unspecified atom stereocenters. The van der Waals surface area contributed by atoms with E-state index in [1.807, 2.05) is 44.2 Å². The highest BCUT2D eigenvalue weighted by Gasteiger charge is 2.45. The van der Waals surface area contributed by atoms with E-state index >= 15 is 0 Å². The Morgan fingerprint density at radius 2 is 1.71 bits per heavy atom. The average Bonchev–Trinajstić information content (AvgIpc) is 3.65. The monoisotopic (exact) mass is 802 g/mol. The highest BCUT2D eigenvalue weighted by molar-refractivity contribution is 7.94. The number of anilines is 1. The van der Waals surface area contributed by atoms with Crippen molar-refractivity contribution in [2.45, 2.75) is 86.8 Å². The summed E-state index contributed by atoms with van der Waals surface area (Å²) >= 11 is 0.891. The number of rotatable bonds is 19. The van der Waals surface area contributed by atoms with Crippen molar-refractivity contribution in [1.82, 2.24) is 5.06 Å². The summed E-state index contributed by atoms with van der Waals surface area (Å²) in [5.74, 6) is -1.69. The molecule has 17 heteroatoms. The molecule has 2 N–H and O–H groups in total. The molecule has 0 saturated carbocycles. The fourth-order valence-corrected chi connectivity index (χ4v) is 8.12. The maximum atomic E-state index is 12.3. The van der Waals surface area contributed by atoms with Crippen LogP contribution in [0.2, 0.25) is 0 Å². The predicted molar refractivity (Wildman–Crippen MR) is 202 cm³/mol. The van der Waals surface area contributed by atoms with E-state index in [0.717, 1.165) is 50.8 Å². The molecular formula is C38H48N3O12S2+. The molecule has 1 fully saturated rings. The van der Waals surface area contributed by atoms with Crippen molar-refractivity contribution in [2.24, 2.45) is 0 Å². The summed E-state index contributed by atoms with van der Waals surface area (Å²) in [4.78, 5) is 43.7. The van der Waals surface area contributed by atoms with Crippen LogP contribution in [0.15, 0.2) is 70.1 Å². The van der Waals surface area contributed by atoms with Crippen LogP contribution in [0.1, 0.15) is 77.3 Å². The number of hydrogen-bond donors (Lipinski definition) is 2. The Hall–Kier alpha value is -3.94. The second-order valence-corrected chi connectivity index (χ2v) is 16.6. The molecule has 2 aromatic carbocycles. The van der Waals surface area contributed by atoms with Gasteiger partial charge in [0.25, 0.3) is 21.9 Å². The number of benzene rings is 2. The van der Waals surface area contributed by atoms with Crippen molar-refractivity contribution < 1.29 is 60.9 Å². The van der Waals surface area contributed by atoms with E-state index in [-0.39, 0.29) is 24.2 Å². The van der Waals surface area contributed by atoms with Crippen molar-refractivity contribution in [1.29, 1.82) is 0 Å². The molecule has 5 rings (SSSR count). The molecule has 0 aliphatic carbocycles. The number of allylic oxidation sites excluding steroid dienone is 4. The van der Waals surface area contributed by atoms with Crippen LogP contribution in [-0.4, -0.2) is 91.4 Å². The smallest absolute Gasteiger partial charge is 0.333 e. The van der Waals surface area contributed by atoms with Gasteiger partial charge < -0.3 is 19.2 Å². The molecular weight excluding hydrogens is 755 g/mol. The van der Waals surface area contributed by atoms with Crippen molar-refractivity contribution in [3.8, 4) is 0 Å². The SMILES string of the molecule is COCCOCCN1C(=CC=CC2=[N+](CCCCCC(=O)ON3C(=O)CCC3=O)c3ccc(S(=O)(=O)O)cc3C2(C)C)C(C)(C)c2cc(SOOO)ccc21. The number of ether oxygens (including phenoxy) is 2. The second-order valence-electron chi connectivity index (χ2n) is 14.4. The summed E-state index contributed by atoms with van der Waals surface area (Å²) in [6.07, 6.45) is 7.92. The second kappa shape index (κ2) is 17.9. The van der Waals surface area contributed by atoms with E-state index in [0.29, 0.717) is 57.2 Å². The molecule has 0 spiro atoms.